The highest BCUT2D eigenvalue weighted by Gasteiger charge is 2.50. The summed E-state index contributed by atoms with van der Waals surface area (Å²) in [6.45, 7) is 3.64. The molecule has 1 spiro atoms. The summed E-state index contributed by atoms with van der Waals surface area (Å²) in [4.78, 5) is 33.8. The first-order valence-corrected chi connectivity index (χ1v) is 13.4. The standard InChI is InChI=1S/C27H37FN4O4/c1-29(2)25(33)31-17-27(23-13-18(28)3-6-24(23)31)8-10-30(11-9-27)21-14-19-4-5-20(15-21)32(19)26(34)36-22-7-12-35-16-22/h3,6,13,19-22H,4-5,7-12,14-17H2,1-2H3/t19?,20?,21?,22-/m1/s1. The summed E-state index contributed by atoms with van der Waals surface area (Å²) >= 11 is 0. The SMILES string of the molecule is CN(C)C(=O)N1CC2(CCN(C3CC4CCC(C3)N4C(=O)O[C@@H]3CCOC3)CC2)c2cc(F)ccc21. The van der Waals surface area contributed by atoms with E-state index in [4.69, 9.17) is 9.47 Å². The summed E-state index contributed by atoms with van der Waals surface area (Å²) in [5, 5.41) is 0. The third-order valence-corrected chi connectivity index (χ3v) is 9.24. The lowest BCUT2D eigenvalue weighted by molar-refractivity contribution is 0.00975. The van der Waals surface area contributed by atoms with Gasteiger partial charge < -0.3 is 24.2 Å². The van der Waals surface area contributed by atoms with E-state index in [-0.39, 0.29) is 41.5 Å². The smallest absolute Gasteiger partial charge is 0.410 e. The molecule has 0 radical (unpaired) electrons. The van der Waals surface area contributed by atoms with Gasteiger partial charge in [0.15, 0.2) is 0 Å². The molecule has 4 fully saturated rings. The number of piperidine rings is 2. The average Bonchev–Trinajstić information content (AvgIpc) is 3.55. The normalized spacial score (nSPS) is 31.1. The predicted molar refractivity (Wildman–Crippen MR) is 133 cm³/mol. The summed E-state index contributed by atoms with van der Waals surface area (Å²) in [7, 11) is 3.52. The van der Waals surface area contributed by atoms with Crippen LogP contribution in [0, 0.1) is 5.82 Å². The molecule has 0 saturated carbocycles. The van der Waals surface area contributed by atoms with Crippen molar-refractivity contribution in [3.63, 3.8) is 0 Å². The van der Waals surface area contributed by atoms with Gasteiger partial charge in [-0.3, -0.25) is 4.90 Å². The van der Waals surface area contributed by atoms with E-state index >= 15 is 0 Å². The average molecular weight is 501 g/mol. The topological polar surface area (TPSA) is 65.6 Å². The summed E-state index contributed by atoms with van der Waals surface area (Å²) in [5.41, 5.74) is 1.62. The Kier molecular flexibility index (Phi) is 6.11. The lowest BCUT2D eigenvalue weighted by Crippen LogP contribution is -2.56. The fourth-order valence-corrected chi connectivity index (χ4v) is 7.35. The second-order valence-corrected chi connectivity index (χ2v) is 11.5. The number of anilines is 1. The van der Waals surface area contributed by atoms with Crippen molar-refractivity contribution in [2.75, 3.05) is 51.8 Å². The van der Waals surface area contributed by atoms with Crippen molar-refractivity contribution in [3.05, 3.63) is 29.6 Å². The summed E-state index contributed by atoms with van der Waals surface area (Å²) in [6.07, 6.45) is 6.38. The van der Waals surface area contributed by atoms with Crippen LogP contribution in [0.15, 0.2) is 18.2 Å². The van der Waals surface area contributed by atoms with Crippen molar-refractivity contribution in [1.82, 2.24) is 14.7 Å². The molecule has 8 nitrogen and oxygen atoms in total. The van der Waals surface area contributed by atoms with Gasteiger partial charge in [-0.1, -0.05) is 0 Å². The zero-order chi connectivity index (χ0) is 25.0. The molecule has 1 aromatic rings. The molecular formula is C27H37FN4O4. The van der Waals surface area contributed by atoms with Crippen LogP contribution < -0.4 is 4.90 Å². The van der Waals surface area contributed by atoms with E-state index in [1.54, 1.807) is 31.1 Å². The number of ether oxygens (including phenoxy) is 2. The van der Waals surface area contributed by atoms with Gasteiger partial charge in [-0.05, 0) is 75.4 Å². The largest absolute Gasteiger partial charge is 0.444 e. The summed E-state index contributed by atoms with van der Waals surface area (Å²) in [6, 6.07) is 5.75. The number of carbonyl (C=O) groups excluding carboxylic acids is 2. The van der Waals surface area contributed by atoms with Crippen LogP contribution in [-0.4, -0.2) is 98.0 Å². The van der Waals surface area contributed by atoms with Crippen LogP contribution in [0.2, 0.25) is 0 Å². The number of halogens is 1. The highest BCUT2D eigenvalue weighted by Crippen LogP contribution is 2.49. The third kappa shape index (κ3) is 4.04. The van der Waals surface area contributed by atoms with Crippen LogP contribution in [0.5, 0.6) is 0 Å². The van der Waals surface area contributed by atoms with E-state index < -0.39 is 0 Å². The van der Waals surface area contributed by atoms with Gasteiger partial charge in [0.2, 0.25) is 0 Å². The minimum absolute atomic E-state index is 0.0536. The number of amides is 3. The van der Waals surface area contributed by atoms with Gasteiger partial charge in [-0.15, -0.1) is 0 Å². The Bertz CT molecular complexity index is 1010. The number of likely N-dealkylation sites (tertiary alicyclic amines) is 1. The third-order valence-electron chi connectivity index (χ3n) is 9.24. The van der Waals surface area contributed by atoms with Crippen LogP contribution in [0.25, 0.3) is 0 Å². The molecule has 5 heterocycles. The van der Waals surface area contributed by atoms with Crippen LogP contribution in [0.1, 0.15) is 50.5 Å². The molecule has 1 aromatic carbocycles. The van der Waals surface area contributed by atoms with Gasteiger partial charge in [0.1, 0.15) is 11.9 Å². The molecule has 5 aliphatic rings. The molecule has 3 amide bonds. The number of urea groups is 1. The van der Waals surface area contributed by atoms with E-state index in [1.165, 1.54) is 6.07 Å². The molecule has 4 saturated heterocycles. The van der Waals surface area contributed by atoms with Gasteiger partial charge in [0, 0.05) is 56.3 Å². The molecule has 6 rings (SSSR count). The first-order chi connectivity index (χ1) is 17.3. The van der Waals surface area contributed by atoms with E-state index in [0.717, 1.165) is 69.3 Å². The maximum Gasteiger partial charge on any atom is 0.410 e. The first-order valence-electron chi connectivity index (χ1n) is 13.4. The number of rotatable bonds is 2. The van der Waals surface area contributed by atoms with Gasteiger partial charge in [0.25, 0.3) is 0 Å². The van der Waals surface area contributed by atoms with Crippen LogP contribution in [-0.2, 0) is 14.9 Å². The minimum Gasteiger partial charge on any atom is -0.444 e. The number of carbonyl (C=O) groups is 2. The van der Waals surface area contributed by atoms with Gasteiger partial charge >= 0.3 is 12.1 Å². The van der Waals surface area contributed by atoms with Gasteiger partial charge in [-0.2, -0.15) is 0 Å². The molecule has 9 heteroatoms. The van der Waals surface area contributed by atoms with Crippen LogP contribution in [0.4, 0.5) is 19.7 Å². The Hall–Kier alpha value is -2.39. The van der Waals surface area contributed by atoms with E-state index in [9.17, 15) is 14.0 Å². The number of hydrogen-bond donors (Lipinski definition) is 0. The van der Waals surface area contributed by atoms with E-state index in [2.05, 4.69) is 4.90 Å². The fourth-order valence-electron chi connectivity index (χ4n) is 7.35. The maximum atomic E-state index is 14.3. The molecule has 3 atom stereocenters. The molecule has 5 aliphatic heterocycles. The highest BCUT2D eigenvalue weighted by molar-refractivity contribution is 5.95. The van der Waals surface area contributed by atoms with Crippen molar-refractivity contribution < 1.29 is 23.5 Å². The number of hydrogen-bond acceptors (Lipinski definition) is 5. The lowest BCUT2D eigenvalue weighted by atomic mass is 9.73. The van der Waals surface area contributed by atoms with Crippen molar-refractivity contribution >= 4 is 17.8 Å². The van der Waals surface area contributed by atoms with Crippen LogP contribution >= 0.6 is 0 Å². The van der Waals surface area contributed by atoms with Crippen molar-refractivity contribution in [1.29, 1.82) is 0 Å². The van der Waals surface area contributed by atoms with Crippen LogP contribution in [0.3, 0.4) is 0 Å². The maximum absolute atomic E-state index is 14.3. The lowest BCUT2D eigenvalue weighted by Gasteiger charge is -2.47. The molecule has 2 unspecified atom stereocenters. The Morgan fingerprint density at radius 2 is 1.81 bits per heavy atom. The second-order valence-electron chi connectivity index (χ2n) is 11.5. The van der Waals surface area contributed by atoms with Crippen molar-refractivity contribution in [2.24, 2.45) is 0 Å². The molecule has 36 heavy (non-hydrogen) atoms. The quantitative estimate of drug-likeness (QED) is 0.621. The zero-order valence-electron chi connectivity index (χ0n) is 21.3. The Labute approximate surface area is 212 Å². The predicted octanol–water partition coefficient (Wildman–Crippen LogP) is 3.58. The summed E-state index contributed by atoms with van der Waals surface area (Å²) in [5.74, 6) is -0.241. The second kappa shape index (κ2) is 9.17. The Morgan fingerprint density at radius 1 is 1.08 bits per heavy atom. The number of benzene rings is 1. The highest BCUT2D eigenvalue weighted by atomic mass is 19.1. The molecular weight excluding hydrogens is 463 g/mol. The Balaban J connectivity index is 1.12. The monoisotopic (exact) mass is 500 g/mol. The van der Waals surface area contributed by atoms with E-state index in [1.807, 2.05) is 9.80 Å². The minimum atomic E-state index is -0.241. The number of fused-ring (bicyclic) bond motifs is 4. The van der Waals surface area contributed by atoms with Crippen molar-refractivity contribution in [2.45, 2.75) is 74.6 Å². The number of nitrogens with zero attached hydrogens (tertiary/aromatic N) is 4. The van der Waals surface area contributed by atoms with E-state index in [0.29, 0.717) is 25.8 Å². The fraction of sp³-hybridized carbons (Fsp3) is 0.704. The Morgan fingerprint density at radius 3 is 2.44 bits per heavy atom. The van der Waals surface area contributed by atoms with Gasteiger partial charge in [-0.25, -0.2) is 14.0 Å². The van der Waals surface area contributed by atoms with Gasteiger partial charge in [0.05, 0.1) is 13.2 Å². The molecule has 2 bridgehead atoms. The molecule has 0 aliphatic carbocycles. The zero-order valence-corrected chi connectivity index (χ0v) is 21.3. The molecule has 0 N–H and O–H groups in total. The van der Waals surface area contributed by atoms with Crippen molar-refractivity contribution in [3.8, 4) is 0 Å². The summed E-state index contributed by atoms with van der Waals surface area (Å²) < 4.78 is 25.4. The first kappa shape index (κ1) is 24.0. The molecule has 196 valence electrons. The molecule has 0 aromatic heterocycles.